The number of imide groups is 1. The summed E-state index contributed by atoms with van der Waals surface area (Å²) in [6.07, 6.45) is 13.7. The predicted molar refractivity (Wildman–Crippen MR) is 157 cm³/mol. The van der Waals surface area contributed by atoms with E-state index in [-0.39, 0.29) is 23.9 Å². The molecular weight excluding hydrogens is 528 g/mol. The first-order valence-electron chi connectivity index (χ1n) is 13.9. The van der Waals surface area contributed by atoms with E-state index in [1.54, 1.807) is 24.7 Å². The van der Waals surface area contributed by atoms with E-state index in [1.165, 1.54) is 19.3 Å². The molecule has 2 aliphatic rings. The molecule has 0 spiro atoms. The topological polar surface area (TPSA) is 97.4 Å². The average Bonchev–Trinajstić information content (AvgIpc) is 3.62. The number of halogens is 1. The number of amides is 3. The molecule has 40 heavy (non-hydrogen) atoms. The summed E-state index contributed by atoms with van der Waals surface area (Å²) in [6, 6.07) is 7.85. The van der Waals surface area contributed by atoms with E-state index in [0.717, 1.165) is 41.1 Å². The first-order chi connectivity index (χ1) is 19.1. The molecule has 0 fully saturated rings. The molecule has 1 aromatic carbocycles. The smallest absolute Gasteiger partial charge is 0.259 e. The maximum atomic E-state index is 13.2. The quantitative estimate of drug-likeness (QED) is 0.226. The highest BCUT2D eigenvalue weighted by atomic mass is 35.5. The van der Waals surface area contributed by atoms with Crippen molar-refractivity contribution in [3.8, 4) is 0 Å². The van der Waals surface area contributed by atoms with E-state index >= 15 is 0 Å². The second-order valence-electron chi connectivity index (χ2n) is 10.4. The maximum Gasteiger partial charge on any atom is 0.259 e. The molecule has 8 nitrogen and oxygen atoms in total. The molecule has 0 radical (unpaired) electrons. The van der Waals surface area contributed by atoms with Gasteiger partial charge in [-0.15, -0.1) is 12.4 Å². The molecule has 0 bridgehead atoms. The average molecular weight is 561 g/mol. The van der Waals surface area contributed by atoms with Gasteiger partial charge in [0, 0.05) is 66.5 Å². The molecule has 3 amide bonds. The van der Waals surface area contributed by atoms with Crippen LogP contribution in [0.1, 0.15) is 62.1 Å². The van der Waals surface area contributed by atoms with Gasteiger partial charge in [0.1, 0.15) is 5.58 Å². The summed E-state index contributed by atoms with van der Waals surface area (Å²) in [7, 11) is 0. The number of nitrogens with one attached hydrogen (secondary N) is 1. The number of nitrogens with zero attached hydrogens (tertiary/aromatic N) is 3. The third kappa shape index (κ3) is 4.92. The maximum absolute atomic E-state index is 13.2. The van der Waals surface area contributed by atoms with Crippen molar-refractivity contribution in [2.75, 3.05) is 13.1 Å². The summed E-state index contributed by atoms with van der Waals surface area (Å²) >= 11 is 0. The Morgan fingerprint density at radius 3 is 2.60 bits per heavy atom. The molecule has 0 aliphatic carbocycles. The van der Waals surface area contributed by atoms with E-state index in [4.69, 9.17) is 4.42 Å². The van der Waals surface area contributed by atoms with Gasteiger partial charge in [-0.25, -0.2) is 0 Å². The fourth-order valence-corrected chi connectivity index (χ4v) is 5.94. The molecule has 2 aliphatic heterocycles. The minimum Gasteiger partial charge on any atom is -0.464 e. The summed E-state index contributed by atoms with van der Waals surface area (Å²) in [5.41, 5.74) is 4.48. The number of hydrogen-bond acceptors (Lipinski definition) is 5. The van der Waals surface area contributed by atoms with Gasteiger partial charge in [0.05, 0.1) is 22.9 Å². The molecule has 0 saturated heterocycles. The summed E-state index contributed by atoms with van der Waals surface area (Å²) < 4.78 is 7.81. The Morgan fingerprint density at radius 2 is 1.77 bits per heavy atom. The molecule has 1 N–H and O–H groups in total. The molecule has 0 unspecified atom stereocenters. The Kier molecular flexibility index (Phi) is 8.07. The van der Waals surface area contributed by atoms with Crippen LogP contribution < -0.4 is 5.32 Å². The van der Waals surface area contributed by atoms with Crippen LogP contribution in [0.4, 0.5) is 0 Å². The summed E-state index contributed by atoms with van der Waals surface area (Å²) in [6.45, 7) is 4.09. The molecule has 0 atom stereocenters. The largest absolute Gasteiger partial charge is 0.464 e. The lowest BCUT2D eigenvalue weighted by atomic mass is 9.95. The van der Waals surface area contributed by atoms with Gasteiger partial charge in [0.25, 0.3) is 11.8 Å². The lowest BCUT2D eigenvalue weighted by molar-refractivity contribution is -0.131. The third-order valence-corrected chi connectivity index (χ3v) is 7.92. The van der Waals surface area contributed by atoms with Crippen LogP contribution in [0.2, 0.25) is 0 Å². The first-order valence-corrected chi connectivity index (χ1v) is 13.9. The number of unbranched alkanes of at least 4 members (excludes halogenated alkanes) is 4. The second-order valence-corrected chi connectivity index (χ2v) is 10.4. The highest BCUT2D eigenvalue weighted by Crippen LogP contribution is 2.39. The van der Waals surface area contributed by atoms with Crippen LogP contribution >= 0.6 is 12.4 Å². The molecule has 5 heterocycles. The number of para-hydroxylation sites is 1. The monoisotopic (exact) mass is 560 g/mol. The Balaban J connectivity index is 0.00000323. The van der Waals surface area contributed by atoms with Crippen LogP contribution in [0, 0.1) is 0 Å². The van der Waals surface area contributed by atoms with E-state index in [0.29, 0.717) is 48.3 Å². The Hall–Kier alpha value is -3.91. The Labute approximate surface area is 238 Å². The zero-order valence-electron chi connectivity index (χ0n) is 22.6. The van der Waals surface area contributed by atoms with Crippen molar-refractivity contribution in [1.82, 2.24) is 19.8 Å². The van der Waals surface area contributed by atoms with E-state index in [1.807, 2.05) is 23.2 Å². The third-order valence-electron chi connectivity index (χ3n) is 7.92. The summed E-state index contributed by atoms with van der Waals surface area (Å²) in [4.78, 5) is 45.6. The van der Waals surface area contributed by atoms with E-state index in [2.05, 4.69) is 27.9 Å². The first kappa shape index (κ1) is 27.6. The number of fused-ring (bicyclic) bond motifs is 1. The Bertz CT molecular complexity index is 1630. The van der Waals surface area contributed by atoms with Crippen LogP contribution in [0.15, 0.2) is 53.5 Å². The fourth-order valence-electron chi connectivity index (χ4n) is 5.94. The molecule has 208 valence electrons. The van der Waals surface area contributed by atoms with Crippen molar-refractivity contribution in [2.24, 2.45) is 0 Å². The highest BCUT2D eigenvalue weighted by molar-refractivity contribution is 6.50. The highest BCUT2D eigenvalue weighted by Gasteiger charge is 2.36. The van der Waals surface area contributed by atoms with Gasteiger partial charge in [-0.2, -0.15) is 0 Å². The number of hydrogen-bond donors (Lipinski definition) is 1. The van der Waals surface area contributed by atoms with Crippen LogP contribution in [0.3, 0.4) is 0 Å². The van der Waals surface area contributed by atoms with Crippen molar-refractivity contribution >= 4 is 63.1 Å². The van der Waals surface area contributed by atoms with Crippen molar-refractivity contribution in [2.45, 2.75) is 58.4 Å². The van der Waals surface area contributed by atoms with Crippen LogP contribution in [0.25, 0.3) is 33.0 Å². The molecule has 6 rings (SSSR count). The summed E-state index contributed by atoms with van der Waals surface area (Å²) in [5.74, 6) is -0.685. The number of carbonyl (C=O) groups excluding carboxylic acids is 3. The number of carbonyl (C=O) groups is 3. The zero-order chi connectivity index (χ0) is 26.9. The lowest BCUT2D eigenvalue weighted by Crippen LogP contribution is -2.36. The SMILES string of the molecule is CCCCCCCC(=O)N1CCc2cccc3c(C4=C(c5cncc6ccoc56)C(=O)NC4=O)cn(c23)CC1.Cl. The van der Waals surface area contributed by atoms with Crippen molar-refractivity contribution in [1.29, 1.82) is 0 Å². The zero-order valence-corrected chi connectivity index (χ0v) is 23.4. The predicted octanol–water partition coefficient (Wildman–Crippen LogP) is 5.52. The van der Waals surface area contributed by atoms with Gasteiger partial charge in [0.2, 0.25) is 5.91 Å². The normalized spacial score (nSPS) is 15.4. The Morgan fingerprint density at radius 1 is 0.975 bits per heavy atom. The van der Waals surface area contributed by atoms with Gasteiger partial charge < -0.3 is 13.9 Å². The lowest BCUT2D eigenvalue weighted by Gasteiger charge is -2.26. The molecular formula is C31H33ClN4O4. The molecule has 9 heteroatoms. The van der Waals surface area contributed by atoms with Crippen LogP contribution in [-0.2, 0) is 27.3 Å². The number of benzene rings is 1. The number of furan rings is 1. The fraction of sp³-hybridized carbons (Fsp3) is 0.355. The van der Waals surface area contributed by atoms with Gasteiger partial charge >= 0.3 is 0 Å². The number of rotatable bonds is 8. The van der Waals surface area contributed by atoms with Crippen molar-refractivity contribution < 1.29 is 18.8 Å². The van der Waals surface area contributed by atoms with Crippen LogP contribution in [-0.4, -0.2) is 45.3 Å². The standard InChI is InChI=1S/C31H32N4O4.ClH/c1-2-3-4-5-6-10-25(36)34-13-11-20-8-7-9-22-24(19-35(15-14-34)28(20)22)27-26(30(37)33-31(27)38)23-18-32-17-21-12-16-39-29(21)23;/h7-9,12,16-19H,2-6,10-11,13-15H2,1H3,(H,33,37,38);1H. The molecule has 3 aromatic heterocycles. The summed E-state index contributed by atoms with van der Waals surface area (Å²) in [5, 5.41) is 4.17. The van der Waals surface area contributed by atoms with Gasteiger partial charge in [-0.05, 0) is 24.5 Å². The van der Waals surface area contributed by atoms with E-state index in [9.17, 15) is 14.4 Å². The second kappa shape index (κ2) is 11.7. The number of aromatic nitrogens is 2. The van der Waals surface area contributed by atoms with Crippen molar-refractivity contribution in [3.05, 3.63) is 65.8 Å². The molecule has 0 saturated carbocycles. The molecule has 4 aromatic rings. The van der Waals surface area contributed by atoms with Crippen LogP contribution in [0.5, 0.6) is 0 Å². The number of pyridine rings is 1. The van der Waals surface area contributed by atoms with Gasteiger partial charge in [0.15, 0.2) is 0 Å². The van der Waals surface area contributed by atoms with E-state index < -0.39 is 11.8 Å². The van der Waals surface area contributed by atoms with Gasteiger partial charge in [-0.3, -0.25) is 24.7 Å². The van der Waals surface area contributed by atoms with Gasteiger partial charge in [-0.1, -0.05) is 50.8 Å². The van der Waals surface area contributed by atoms with Crippen molar-refractivity contribution in [3.63, 3.8) is 0 Å². The minimum absolute atomic E-state index is 0. The minimum atomic E-state index is -0.460.